The zero-order valence-electron chi connectivity index (χ0n) is 15.0. The first-order valence-electron chi connectivity index (χ1n) is 9.01. The Morgan fingerprint density at radius 2 is 2.04 bits per heavy atom. The van der Waals surface area contributed by atoms with E-state index in [1.165, 1.54) is 36.0 Å². The number of likely N-dealkylation sites (N-methyl/N-ethyl adjacent to an activating group) is 1. The molecule has 0 aliphatic heterocycles. The van der Waals surface area contributed by atoms with Gasteiger partial charge in [-0.05, 0) is 49.3 Å². The average molecular weight is 338 g/mol. The Kier molecular flexibility index (Phi) is 5.64. The Morgan fingerprint density at radius 3 is 2.80 bits per heavy atom. The number of benzene rings is 1. The van der Waals surface area contributed by atoms with Crippen molar-refractivity contribution >= 4 is 6.03 Å². The van der Waals surface area contributed by atoms with Crippen LogP contribution in [-0.2, 0) is 19.3 Å². The van der Waals surface area contributed by atoms with Gasteiger partial charge in [0.2, 0.25) is 0 Å². The lowest BCUT2D eigenvalue weighted by atomic mass is 9.89. The number of carbonyl (C=O) groups is 1. The molecule has 0 bridgehead atoms. The Bertz CT molecular complexity index is 717. The van der Waals surface area contributed by atoms with Crippen molar-refractivity contribution in [1.29, 1.82) is 0 Å². The fourth-order valence-corrected chi connectivity index (χ4v) is 3.24. The van der Waals surface area contributed by atoms with E-state index in [0.29, 0.717) is 13.0 Å². The van der Waals surface area contributed by atoms with Crippen molar-refractivity contribution in [2.75, 3.05) is 13.6 Å². The molecular formula is C20H26N4O. The Morgan fingerprint density at radius 1 is 1.24 bits per heavy atom. The molecule has 2 amide bonds. The highest BCUT2D eigenvalue weighted by molar-refractivity contribution is 5.74. The summed E-state index contributed by atoms with van der Waals surface area (Å²) in [6.07, 6.45) is 10.7. The molecule has 5 heteroatoms. The fourth-order valence-electron chi connectivity index (χ4n) is 3.24. The third-order valence-corrected chi connectivity index (χ3v) is 4.88. The molecule has 1 atom stereocenters. The summed E-state index contributed by atoms with van der Waals surface area (Å²) in [5, 5.41) is 3.09. The highest BCUT2D eigenvalue weighted by Crippen LogP contribution is 2.24. The molecule has 1 aliphatic carbocycles. The van der Waals surface area contributed by atoms with Gasteiger partial charge in [0.25, 0.3) is 0 Å². The van der Waals surface area contributed by atoms with Crippen molar-refractivity contribution < 1.29 is 4.79 Å². The minimum Gasteiger partial charge on any atom is -0.331 e. The molecule has 1 aliphatic rings. The van der Waals surface area contributed by atoms with E-state index in [4.69, 9.17) is 0 Å². The van der Waals surface area contributed by atoms with Crippen molar-refractivity contribution in [3.8, 4) is 0 Å². The molecule has 0 spiro atoms. The number of fused-ring (bicyclic) bond motifs is 1. The van der Waals surface area contributed by atoms with E-state index in [1.807, 2.05) is 14.0 Å². The Balaban J connectivity index is 1.54. The lowest BCUT2D eigenvalue weighted by Gasteiger charge is -2.23. The predicted molar refractivity (Wildman–Crippen MR) is 98.4 cm³/mol. The highest BCUT2D eigenvalue weighted by atomic mass is 16.2. The second-order valence-corrected chi connectivity index (χ2v) is 6.77. The molecule has 0 saturated carbocycles. The molecule has 1 heterocycles. The zero-order chi connectivity index (χ0) is 17.6. The van der Waals surface area contributed by atoms with Crippen molar-refractivity contribution in [1.82, 2.24) is 20.2 Å². The summed E-state index contributed by atoms with van der Waals surface area (Å²) < 4.78 is 0. The van der Waals surface area contributed by atoms with Crippen LogP contribution in [-0.4, -0.2) is 34.5 Å². The van der Waals surface area contributed by atoms with Gasteiger partial charge in [-0.1, -0.05) is 18.2 Å². The van der Waals surface area contributed by atoms with Gasteiger partial charge in [-0.2, -0.15) is 0 Å². The third kappa shape index (κ3) is 4.56. The van der Waals surface area contributed by atoms with Gasteiger partial charge in [-0.15, -0.1) is 0 Å². The minimum absolute atomic E-state index is 0.00121. The van der Waals surface area contributed by atoms with E-state index in [0.717, 1.165) is 12.1 Å². The number of urea groups is 1. The van der Waals surface area contributed by atoms with Crippen LogP contribution in [0.1, 0.15) is 48.2 Å². The van der Waals surface area contributed by atoms with Gasteiger partial charge in [0, 0.05) is 38.6 Å². The summed E-state index contributed by atoms with van der Waals surface area (Å²) in [5.74, 6) is 0. The fraction of sp³-hybridized carbons (Fsp3) is 0.450. The predicted octanol–water partition coefficient (Wildman–Crippen LogP) is 3.30. The molecule has 0 unspecified atom stereocenters. The van der Waals surface area contributed by atoms with E-state index in [2.05, 4.69) is 33.5 Å². The van der Waals surface area contributed by atoms with Crippen LogP contribution >= 0.6 is 0 Å². The first-order chi connectivity index (χ1) is 12.1. The topological polar surface area (TPSA) is 58.1 Å². The molecule has 132 valence electrons. The number of hydrogen-bond donors (Lipinski definition) is 1. The van der Waals surface area contributed by atoms with E-state index < -0.39 is 0 Å². The molecule has 0 radical (unpaired) electrons. The monoisotopic (exact) mass is 338 g/mol. The second-order valence-electron chi connectivity index (χ2n) is 6.77. The van der Waals surface area contributed by atoms with Gasteiger partial charge in [-0.25, -0.2) is 4.79 Å². The van der Waals surface area contributed by atoms with E-state index in [1.54, 1.807) is 23.5 Å². The van der Waals surface area contributed by atoms with Gasteiger partial charge >= 0.3 is 6.03 Å². The average Bonchev–Trinajstić information content (AvgIpc) is 2.66. The summed E-state index contributed by atoms with van der Waals surface area (Å²) in [6.45, 7) is 2.65. The van der Waals surface area contributed by atoms with Crippen LogP contribution in [0.25, 0.3) is 0 Å². The van der Waals surface area contributed by atoms with Crippen molar-refractivity contribution in [2.24, 2.45) is 0 Å². The molecule has 1 aromatic heterocycles. The standard InChI is InChI=1S/C20H26N4O/c1-15(17-8-7-16-5-3-4-6-18(16)13-17)23-20(25)24(2)12-9-19-14-21-10-11-22-19/h7-8,10-11,13-15H,3-6,9,12H2,1-2H3,(H,23,25)/t15-/m0/s1. The van der Waals surface area contributed by atoms with E-state index in [-0.39, 0.29) is 12.1 Å². The van der Waals surface area contributed by atoms with Gasteiger partial charge in [-0.3, -0.25) is 9.97 Å². The smallest absolute Gasteiger partial charge is 0.317 e. The number of aromatic nitrogens is 2. The first kappa shape index (κ1) is 17.4. The van der Waals surface area contributed by atoms with Crippen LogP contribution in [0.5, 0.6) is 0 Å². The molecule has 0 fully saturated rings. The summed E-state index contributed by atoms with van der Waals surface area (Å²) in [6, 6.07) is 6.57. The van der Waals surface area contributed by atoms with Gasteiger partial charge in [0.05, 0.1) is 11.7 Å². The lowest BCUT2D eigenvalue weighted by Crippen LogP contribution is -2.39. The molecule has 25 heavy (non-hydrogen) atoms. The number of nitrogens with zero attached hydrogens (tertiary/aromatic N) is 3. The summed E-state index contributed by atoms with van der Waals surface area (Å²) >= 11 is 0. The van der Waals surface area contributed by atoms with Gasteiger partial charge in [0.15, 0.2) is 0 Å². The Hall–Kier alpha value is -2.43. The summed E-state index contributed by atoms with van der Waals surface area (Å²) in [5.41, 5.74) is 4.98. The van der Waals surface area contributed by atoms with Gasteiger partial charge < -0.3 is 10.2 Å². The number of rotatable bonds is 5. The number of hydrogen-bond acceptors (Lipinski definition) is 3. The van der Waals surface area contributed by atoms with Crippen LogP contribution in [0.2, 0.25) is 0 Å². The molecular weight excluding hydrogens is 312 g/mol. The van der Waals surface area contributed by atoms with Crippen LogP contribution in [0.4, 0.5) is 4.79 Å². The van der Waals surface area contributed by atoms with Crippen molar-refractivity contribution in [3.05, 3.63) is 59.2 Å². The maximum atomic E-state index is 12.4. The maximum absolute atomic E-state index is 12.4. The molecule has 1 aromatic carbocycles. The summed E-state index contributed by atoms with van der Waals surface area (Å²) in [4.78, 5) is 22.4. The van der Waals surface area contributed by atoms with E-state index in [9.17, 15) is 4.79 Å². The van der Waals surface area contributed by atoms with Crippen LogP contribution in [0.3, 0.4) is 0 Å². The minimum atomic E-state index is -0.0610. The van der Waals surface area contributed by atoms with Crippen LogP contribution in [0.15, 0.2) is 36.8 Å². The quantitative estimate of drug-likeness (QED) is 0.910. The zero-order valence-corrected chi connectivity index (χ0v) is 15.0. The normalized spacial score (nSPS) is 14.5. The lowest BCUT2D eigenvalue weighted by molar-refractivity contribution is 0.206. The number of carbonyl (C=O) groups excluding carboxylic acids is 1. The Labute approximate surface area is 149 Å². The maximum Gasteiger partial charge on any atom is 0.317 e. The first-order valence-corrected chi connectivity index (χ1v) is 9.01. The third-order valence-electron chi connectivity index (χ3n) is 4.88. The SMILES string of the molecule is C[C@H](NC(=O)N(C)CCc1cnccn1)c1ccc2c(c1)CCCC2. The number of nitrogens with one attached hydrogen (secondary N) is 1. The van der Waals surface area contributed by atoms with Gasteiger partial charge in [0.1, 0.15) is 0 Å². The largest absolute Gasteiger partial charge is 0.331 e. The van der Waals surface area contributed by atoms with Crippen LogP contribution < -0.4 is 5.32 Å². The van der Waals surface area contributed by atoms with Crippen molar-refractivity contribution in [2.45, 2.75) is 45.1 Å². The van der Waals surface area contributed by atoms with E-state index >= 15 is 0 Å². The molecule has 0 saturated heterocycles. The molecule has 2 aromatic rings. The summed E-state index contributed by atoms with van der Waals surface area (Å²) in [7, 11) is 1.81. The highest BCUT2D eigenvalue weighted by Gasteiger charge is 2.16. The van der Waals surface area contributed by atoms with Crippen molar-refractivity contribution in [3.63, 3.8) is 0 Å². The number of aryl methyl sites for hydroxylation is 2. The second kappa shape index (κ2) is 8.10. The molecule has 1 N–H and O–H groups in total. The molecule has 5 nitrogen and oxygen atoms in total. The molecule has 3 rings (SSSR count). The van der Waals surface area contributed by atoms with Crippen LogP contribution in [0, 0.1) is 0 Å². The number of amides is 2.